The van der Waals surface area contributed by atoms with E-state index in [0.29, 0.717) is 18.5 Å². The number of esters is 1. The number of pyridine rings is 1. The molecule has 0 saturated heterocycles. The van der Waals surface area contributed by atoms with Gasteiger partial charge in [0.15, 0.2) is 0 Å². The highest BCUT2D eigenvalue weighted by molar-refractivity contribution is 6.32. The van der Waals surface area contributed by atoms with E-state index in [9.17, 15) is 9.59 Å². The van der Waals surface area contributed by atoms with Gasteiger partial charge in [-0.2, -0.15) is 0 Å². The number of aromatic nitrogens is 1. The highest BCUT2D eigenvalue weighted by atomic mass is 35.5. The molecule has 166 valence electrons. The van der Waals surface area contributed by atoms with E-state index in [4.69, 9.17) is 16.3 Å². The van der Waals surface area contributed by atoms with Crippen LogP contribution in [0.5, 0.6) is 0 Å². The zero-order valence-electron chi connectivity index (χ0n) is 17.9. The minimum absolute atomic E-state index is 0.0179. The van der Waals surface area contributed by atoms with Crippen molar-refractivity contribution in [1.82, 2.24) is 10.3 Å². The lowest BCUT2D eigenvalue weighted by atomic mass is 9.98. The summed E-state index contributed by atoms with van der Waals surface area (Å²) in [6, 6.07) is 17.9. The number of carbonyl (C=O) groups is 2. The Morgan fingerprint density at radius 1 is 1.09 bits per heavy atom. The van der Waals surface area contributed by atoms with Gasteiger partial charge >= 0.3 is 12.1 Å². The molecule has 6 nitrogen and oxygen atoms in total. The van der Waals surface area contributed by atoms with Gasteiger partial charge in [0.1, 0.15) is 11.8 Å². The molecule has 7 heteroatoms. The topological polar surface area (TPSA) is 77.5 Å². The molecule has 3 aromatic rings. The van der Waals surface area contributed by atoms with Crippen LogP contribution in [0.3, 0.4) is 0 Å². The molecule has 0 radical (unpaired) electrons. The van der Waals surface area contributed by atoms with Crippen LogP contribution in [0.2, 0.25) is 5.15 Å². The molecule has 33 heavy (non-hydrogen) atoms. The Morgan fingerprint density at radius 2 is 1.76 bits per heavy atom. The molecule has 0 saturated carbocycles. The maximum Gasteiger partial charge on any atom is 0.407 e. The molecule has 1 N–H and O–H groups in total. The van der Waals surface area contributed by atoms with Crippen LogP contribution in [0.25, 0.3) is 11.1 Å². The SMILES string of the molecule is COC(=O)c1cc(C#CCCNC(=O)OCC2c3ccccc3-c3ccccc32)cnc1Cl. The normalized spacial score (nSPS) is 11.6. The number of halogens is 1. The van der Waals surface area contributed by atoms with Crippen molar-refractivity contribution in [3.05, 3.63) is 88.2 Å². The fourth-order valence-corrected chi connectivity index (χ4v) is 3.99. The highest BCUT2D eigenvalue weighted by Crippen LogP contribution is 2.44. The largest absolute Gasteiger partial charge is 0.465 e. The third-order valence-electron chi connectivity index (χ3n) is 5.34. The number of alkyl carbamates (subject to hydrolysis) is 1. The first-order valence-corrected chi connectivity index (χ1v) is 10.8. The van der Waals surface area contributed by atoms with Gasteiger partial charge in [-0.05, 0) is 28.3 Å². The summed E-state index contributed by atoms with van der Waals surface area (Å²) in [6.45, 7) is 0.590. The zero-order valence-corrected chi connectivity index (χ0v) is 18.7. The van der Waals surface area contributed by atoms with E-state index in [1.54, 1.807) is 0 Å². The Balaban J connectivity index is 1.28. The first kappa shape index (κ1) is 22.4. The van der Waals surface area contributed by atoms with E-state index >= 15 is 0 Å². The minimum atomic E-state index is -0.576. The van der Waals surface area contributed by atoms with Crippen molar-refractivity contribution in [3.8, 4) is 23.0 Å². The van der Waals surface area contributed by atoms with Crippen LogP contribution >= 0.6 is 11.6 Å². The molecule has 2 aromatic carbocycles. The summed E-state index contributed by atoms with van der Waals surface area (Å²) in [5.74, 6) is 5.26. The number of nitrogens with one attached hydrogen (secondary N) is 1. The van der Waals surface area contributed by atoms with Gasteiger partial charge in [0.25, 0.3) is 0 Å². The summed E-state index contributed by atoms with van der Waals surface area (Å²) in [6.07, 6.45) is 1.39. The lowest BCUT2D eigenvalue weighted by Gasteiger charge is -2.14. The minimum Gasteiger partial charge on any atom is -0.465 e. The quantitative estimate of drug-likeness (QED) is 0.256. The molecule has 0 atom stereocenters. The Bertz CT molecular complexity index is 1220. The second-order valence-electron chi connectivity index (χ2n) is 7.36. The van der Waals surface area contributed by atoms with Crippen molar-refractivity contribution < 1.29 is 19.1 Å². The lowest BCUT2D eigenvalue weighted by Crippen LogP contribution is -2.26. The summed E-state index contributed by atoms with van der Waals surface area (Å²) in [5.41, 5.74) is 5.39. The van der Waals surface area contributed by atoms with Gasteiger partial charge in [0, 0.05) is 30.6 Å². The van der Waals surface area contributed by atoms with E-state index in [0.717, 1.165) is 0 Å². The zero-order chi connectivity index (χ0) is 23.2. The number of ether oxygens (including phenoxy) is 2. The summed E-state index contributed by atoms with van der Waals surface area (Å²) in [5, 5.41) is 2.77. The molecule has 4 rings (SSSR count). The van der Waals surface area contributed by atoms with Gasteiger partial charge in [-0.1, -0.05) is 72.0 Å². The van der Waals surface area contributed by atoms with Gasteiger partial charge in [-0.15, -0.1) is 0 Å². The van der Waals surface area contributed by atoms with Crippen LogP contribution in [-0.4, -0.2) is 37.3 Å². The first-order chi connectivity index (χ1) is 16.1. The third kappa shape index (κ3) is 5.00. The summed E-state index contributed by atoms with van der Waals surface area (Å²) < 4.78 is 10.2. The van der Waals surface area contributed by atoms with Gasteiger partial charge in [0.2, 0.25) is 0 Å². The molecule has 1 heterocycles. The van der Waals surface area contributed by atoms with Crippen molar-refractivity contribution in [2.24, 2.45) is 0 Å². The Morgan fingerprint density at radius 3 is 2.42 bits per heavy atom. The second-order valence-corrected chi connectivity index (χ2v) is 7.72. The molecule has 0 bridgehead atoms. The summed E-state index contributed by atoms with van der Waals surface area (Å²) in [4.78, 5) is 27.8. The Hall–Kier alpha value is -3.82. The van der Waals surface area contributed by atoms with Crippen LogP contribution in [-0.2, 0) is 9.47 Å². The molecule has 0 fully saturated rings. The fraction of sp³-hybridized carbons (Fsp3) is 0.192. The number of hydrogen-bond donors (Lipinski definition) is 1. The number of rotatable bonds is 5. The van der Waals surface area contributed by atoms with Crippen LogP contribution in [0.15, 0.2) is 60.8 Å². The smallest absolute Gasteiger partial charge is 0.407 e. The van der Waals surface area contributed by atoms with Crippen LogP contribution in [0, 0.1) is 11.8 Å². The van der Waals surface area contributed by atoms with Gasteiger partial charge in [0.05, 0.1) is 12.7 Å². The summed E-state index contributed by atoms with van der Waals surface area (Å²) >= 11 is 5.90. The van der Waals surface area contributed by atoms with E-state index in [1.165, 1.54) is 41.6 Å². The molecular formula is C26H21ClN2O4. The third-order valence-corrected chi connectivity index (χ3v) is 5.64. The van der Waals surface area contributed by atoms with Crippen molar-refractivity contribution in [2.45, 2.75) is 12.3 Å². The van der Waals surface area contributed by atoms with Crippen molar-refractivity contribution in [3.63, 3.8) is 0 Å². The molecule has 0 aliphatic heterocycles. The number of nitrogens with zero attached hydrogens (tertiary/aromatic N) is 1. The molecule has 1 aliphatic rings. The fourth-order valence-electron chi connectivity index (χ4n) is 3.81. The predicted octanol–water partition coefficient (Wildman–Crippen LogP) is 4.80. The number of hydrogen-bond acceptors (Lipinski definition) is 5. The standard InChI is InChI=1S/C26H21ClN2O4/c1-32-25(30)22-14-17(15-29-24(22)27)8-6-7-13-28-26(31)33-16-23-20-11-4-2-9-18(20)19-10-3-5-12-21(19)23/h2-5,9-12,14-15,23H,7,13,16H2,1H3,(H,28,31). The number of methoxy groups -OCH3 is 1. The van der Waals surface area contributed by atoms with E-state index in [2.05, 4.69) is 51.1 Å². The van der Waals surface area contributed by atoms with Crippen molar-refractivity contribution >= 4 is 23.7 Å². The molecule has 1 aliphatic carbocycles. The van der Waals surface area contributed by atoms with E-state index in [-0.39, 0.29) is 23.2 Å². The molecule has 1 amide bonds. The Labute approximate surface area is 196 Å². The van der Waals surface area contributed by atoms with Crippen molar-refractivity contribution in [2.75, 3.05) is 20.3 Å². The van der Waals surface area contributed by atoms with Gasteiger partial charge < -0.3 is 14.8 Å². The van der Waals surface area contributed by atoms with E-state index in [1.807, 2.05) is 24.3 Å². The predicted molar refractivity (Wildman–Crippen MR) is 125 cm³/mol. The number of amides is 1. The average Bonchev–Trinajstić information content (AvgIpc) is 3.16. The molecule has 0 spiro atoms. The van der Waals surface area contributed by atoms with Gasteiger partial charge in [-0.25, -0.2) is 14.6 Å². The van der Waals surface area contributed by atoms with Crippen molar-refractivity contribution in [1.29, 1.82) is 0 Å². The van der Waals surface area contributed by atoms with Crippen LogP contribution in [0.1, 0.15) is 39.4 Å². The maximum absolute atomic E-state index is 12.2. The lowest BCUT2D eigenvalue weighted by molar-refractivity contribution is 0.0600. The summed E-state index contributed by atoms with van der Waals surface area (Å²) in [7, 11) is 1.27. The monoisotopic (exact) mass is 460 g/mol. The van der Waals surface area contributed by atoms with Crippen LogP contribution < -0.4 is 5.32 Å². The average molecular weight is 461 g/mol. The number of carbonyl (C=O) groups excluding carboxylic acids is 2. The maximum atomic E-state index is 12.2. The number of fused-ring (bicyclic) bond motifs is 3. The molecule has 1 aromatic heterocycles. The molecule has 0 unspecified atom stereocenters. The Kier molecular flexibility index (Phi) is 6.92. The highest BCUT2D eigenvalue weighted by Gasteiger charge is 2.28. The number of benzene rings is 2. The van der Waals surface area contributed by atoms with Gasteiger partial charge in [-0.3, -0.25) is 0 Å². The second kappa shape index (κ2) is 10.2. The van der Waals surface area contributed by atoms with E-state index < -0.39 is 12.1 Å². The first-order valence-electron chi connectivity index (χ1n) is 10.4. The molecular weight excluding hydrogens is 440 g/mol. The van der Waals surface area contributed by atoms with Crippen LogP contribution in [0.4, 0.5) is 4.79 Å².